The summed E-state index contributed by atoms with van der Waals surface area (Å²) in [6.07, 6.45) is 4.00. The van der Waals surface area contributed by atoms with Gasteiger partial charge in [-0.2, -0.15) is 0 Å². The first-order valence-electron chi connectivity index (χ1n) is 6.60. The summed E-state index contributed by atoms with van der Waals surface area (Å²) >= 11 is 1.49. The van der Waals surface area contributed by atoms with Crippen molar-refractivity contribution in [2.24, 2.45) is 4.99 Å². The minimum atomic E-state index is -0.246. The standard InChI is InChI=1S/C16H18N2O2S/c1-4-9-18-11-14(10-15(19)20-3)21-16(18)17-13-7-5-12(2)6-8-13/h4-8,11H,1,9-10H2,2-3H3. The molecule has 0 radical (unpaired) electrons. The van der Waals surface area contributed by atoms with E-state index in [1.165, 1.54) is 24.0 Å². The molecule has 1 heterocycles. The predicted molar refractivity (Wildman–Crippen MR) is 84.6 cm³/mol. The highest BCUT2D eigenvalue weighted by molar-refractivity contribution is 7.09. The summed E-state index contributed by atoms with van der Waals surface area (Å²) < 4.78 is 6.68. The maximum atomic E-state index is 11.4. The predicted octanol–water partition coefficient (Wildman–Crippen LogP) is 2.99. The Morgan fingerprint density at radius 3 is 2.76 bits per heavy atom. The lowest BCUT2D eigenvalue weighted by atomic mass is 10.2. The molecule has 1 aromatic heterocycles. The average Bonchev–Trinajstić information content (AvgIpc) is 2.83. The number of methoxy groups -OCH3 is 1. The van der Waals surface area contributed by atoms with Crippen LogP contribution in [0.1, 0.15) is 10.4 Å². The van der Waals surface area contributed by atoms with Crippen LogP contribution in [0.25, 0.3) is 0 Å². The molecular weight excluding hydrogens is 284 g/mol. The molecule has 2 rings (SSSR count). The van der Waals surface area contributed by atoms with E-state index in [1.54, 1.807) is 0 Å². The Hall–Kier alpha value is -2.14. The quantitative estimate of drug-likeness (QED) is 0.629. The van der Waals surface area contributed by atoms with Crippen molar-refractivity contribution in [3.63, 3.8) is 0 Å². The molecule has 4 nitrogen and oxygen atoms in total. The van der Waals surface area contributed by atoms with Gasteiger partial charge in [0.05, 0.1) is 19.2 Å². The maximum absolute atomic E-state index is 11.4. The lowest BCUT2D eigenvalue weighted by molar-refractivity contribution is -0.139. The first kappa shape index (κ1) is 15.3. The van der Waals surface area contributed by atoms with Crippen molar-refractivity contribution in [1.82, 2.24) is 4.57 Å². The summed E-state index contributed by atoms with van der Waals surface area (Å²) in [5.74, 6) is -0.246. The molecule has 110 valence electrons. The third-order valence-corrected chi connectivity index (χ3v) is 3.92. The molecule has 0 saturated carbocycles. The van der Waals surface area contributed by atoms with Crippen LogP contribution in [0.15, 0.2) is 48.1 Å². The first-order valence-corrected chi connectivity index (χ1v) is 7.42. The van der Waals surface area contributed by atoms with Gasteiger partial charge in [0, 0.05) is 17.6 Å². The minimum Gasteiger partial charge on any atom is -0.469 e. The van der Waals surface area contributed by atoms with Crippen LogP contribution in [0, 0.1) is 6.92 Å². The minimum absolute atomic E-state index is 0.246. The molecule has 0 aliphatic carbocycles. The van der Waals surface area contributed by atoms with Gasteiger partial charge in [-0.3, -0.25) is 4.79 Å². The van der Waals surface area contributed by atoms with Crippen LogP contribution in [0.2, 0.25) is 0 Å². The number of aryl methyl sites for hydroxylation is 1. The summed E-state index contributed by atoms with van der Waals surface area (Å²) in [7, 11) is 1.39. The zero-order valence-electron chi connectivity index (χ0n) is 12.2. The first-order chi connectivity index (χ1) is 10.1. The molecule has 0 unspecified atom stereocenters. The molecule has 0 saturated heterocycles. The van der Waals surface area contributed by atoms with Crippen molar-refractivity contribution in [1.29, 1.82) is 0 Å². The highest BCUT2D eigenvalue weighted by Crippen LogP contribution is 2.13. The number of ether oxygens (including phenoxy) is 1. The Morgan fingerprint density at radius 1 is 1.43 bits per heavy atom. The molecule has 0 atom stereocenters. The summed E-state index contributed by atoms with van der Waals surface area (Å²) in [5, 5.41) is 0. The van der Waals surface area contributed by atoms with Crippen LogP contribution >= 0.6 is 11.3 Å². The number of rotatable bonds is 5. The lowest BCUT2D eigenvalue weighted by Gasteiger charge is -1.97. The normalized spacial score (nSPS) is 11.4. The topological polar surface area (TPSA) is 43.6 Å². The van der Waals surface area contributed by atoms with Gasteiger partial charge in [-0.1, -0.05) is 23.8 Å². The van der Waals surface area contributed by atoms with Gasteiger partial charge in [-0.05, 0) is 19.1 Å². The molecule has 2 aromatic rings. The van der Waals surface area contributed by atoms with E-state index in [-0.39, 0.29) is 12.4 Å². The van der Waals surface area contributed by atoms with Crippen molar-refractivity contribution < 1.29 is 9.53 Å². The number of aromatic nitrogens is 1. The molecule has 0 aliphatic heterocycles. The number of hydrogen-bond donors (Lipinski definition) is 0. The zero-order chi connectivity index (χ0) is 15.2. The third-order valence-electron chi connectivity index (χ3n) is 2.90. The van der Waals surface area contributed by atoms with Crippen molar-refractivity contribution in [3.8, 4) is 0 Å². The van der Waals surface area contributed by atoms with Crippen LogP contribution in [-0.2, 0) is 22.5 Å². The Kier molecular flexibility index (Phi) is 5.11. The number of hydrogen-bond acceptors (Lipinski definition) is 4. The van der Waals surface area contributed by atoms with E-state index >= 15 is 0 Å². The number of benzene rings is 1. The number of carbonyl (C=O) groups is 1. The van der Waals surface area contributed by atoms with Crippen molar-refractivity contribution >= 4 is 23.0 Å². The number of esters is 1. The highest BCUT2D eigenvalue weighted by atomic mass is 32.1. The number of allylic oxidation sites excluding steroid dienone is 1. The molecule has 0 fully saturated rings. The van der Waals surface area contributed by atoms with E-state index in [9.17, 15) is 4.79 Å². The van der Waals surface area contributed by atoms with Crippen LogP contribution in [0.4, 0.5) is 5.69 Å². The second kappa shape index (κ2) is 7.04. The van der Waals surface area contributed by atoms with E-state index < -0.39 is 0 Å². The summed E-state index contributed by atoms with van der Waals surface area (Å²) in [6.45, 7) is 6.45. The van der Waals surface area contributed by atoms with E-state index in [4.69, 9.17) is 4.74 Å². The van der Waals surface area contributed by atoms with Gasteiger partial charge < -0.3 is 9.30 Å². The SMILES string of the molecule is C=CCn1cc(CC(=O)OC)sc1=Nc1ccc(C)cc1. The van der Waals surface area contributed by atoms with Crippen LogP contribution in [-0.4, -0.2) is 17.6 Å². The Bertz CT molecular complexity index is 696. The third kappa shape index (κ3) is 4.16. The fraction of sp³-hybridized carbons (Fsp3) is 0.250. The fourth-order valence-corrected chi connectivity index (χ4v) is 2.81. The number of nitrogens with zero attached hydrogens (tertiary/aromatic N) is 2. The van der Waals surface area contributed by atoms with Gasteiger partial charge in [-0.25, -0.2) is 4.99 Å². The van der Waals surface area contributed by atoms with Crippen LogP contribution in [0.5, 0.6) is 0 Å². The monoisotopic (exact) mass is 302 g/mol. The molecular formula is C16H18N2O2S. The van der Waals surface area contributed by atoms with Crippen LogP contribution in [0.3, 0.4) is 0 Å². The lowest BCUT2D eigenvalue weighted by Crippen LogP contribution is -2.12. The zero-order valence-corrected chi connectivity index (χ0v) is 13.0. The maximum Gasteiger partial charge on any atom is 0.310 e. The molecule has 0 aliphatic rings. The summed E-state index contributed by atoms with van der Waals surface area (Å²) in [5.41, 5.74) is 2.09. The van der Waals surface area contributed by atoms with E-state index in [0.29, 0.717) is 6.54 Å². The van der Waals surface area contributed by atoms with E-state index in [1.807, 2.05) is 48.0 Å². The summed E-state index contributed by atoms with van der Waals surface area (Å²) in [6, 6.07) is 8.01. The molecule has 0 amide bonds. The molecule has 5 heteroatoms. The van der Waals surface area contributed by atoms with E-state index in [0.717, 1.165) is 15.4 Å². The Labute approximate surface area is 128 Å². The van der Waals surface area contributed by atoms with Gasteiger partial charge in [0.15, 0.2) is 4.80 Å². The number of thiazole rings is 1. The molecule has 0 bridgehead atoms. The van der Waals surface area contributed by atoms with E-state index in [2.05, 4.69) is 11.6 Å². The second-order valence-electron chi connectivity index (χ2n) is 4.62. The van der Waals surface area contributed by atoms with Crippen molar-refractivity contribution in [3.05, 3.63) is 58.4 Å². The highest BCUT2D eigenvalue weighted by Gasteiger charge is 2.07. The van der Waals surface area contributed by atoms with Crippen LogP contribution < -0.4 is 4.80 Å². The van der Waals surface area contributed by atoms with Gasteiger partial charge in [0.1, 0.15) is 0 Å². The Balaban J connectivity index is 2.38. The largest absolute Gasteiger partial charge is 0.469 e. The van der Waals surface area contributed by atoms with Crippen molar-refractivity contribution in [2.45, 2.75) is 19.9 Å². The fourth-order valence-electron chi connectivity index (χ4n) is 1.81. The Morgan fingerprint density at radius 2 is 2.14 bits per heavy atom. The molecule has 0 N–H and O–H groups in total. The van der Waals surface area contributed by atoms with Gasteiger partial charge in [-0.15, -0.1) is 17.9 Å². The molecule has 1 aromatic carbocycles. The summed E-state index contributed by atoms with van der Waals surface area (Å²) in [4.78, 5) is 17.8. The molecule has 21 heavy (non-hydrogen) atoms. The van der Waals surface area contributed by atoms with Gasteiger partial charge >= 0.3 is 5.97 Å². The number of carbonyl (C=O) groups excluding carboxylic acids is 1. The molecule has 0 spiro atoms. The van der Waals surface area contributed by atoms with Gasteiger partial charge in [0.25, 0.3) is 0 Å². The smallest absolute Gasteiger partial charge is 0.310 e. The average molecular weight is 302 g/mol. The van der Waals surface area contributed by atoms with Crippen molar-refractivity contribution in [2.75, 3.05) is 7.11 Å². The van der Waals surface area contributed by atoms with Gasteiger partial charge in [0.2, 0.25) is 0 Å². The second-order valence-corrected chi connectivity index (χ2v) is 5.71.